The molecule has 1 aromatic heterocycles. The van der Waals surface area contributed by atoms with Gasteiger partial charge in [-0.25, -0.2) is 62.5 Å². The fourth-order valence-corrected chi connectivity index (χ4v) is 3.60. The highest BCUT2D eigenvalue weighted by Crippen LogP contribution is 2.36. The van der Waals surface area contributed by atoms with Crippen LogP contribution in [0, 0.1) is 68.4 Å². The molecule has 0 saturated heterocycles. The van der Waals surface area contributed by atoms with Gasteiger partial charge in [-0.1, -0.05) is 30.3 Å². The van der Waals surface area contributed by atoms with Gasteiger partial charge in [-0.15, -0.1) is 10.2 Å². The first-order valence-corrected chi connectivity index (χ1v) is 11.5. The lowest BCUT2D eigenvalue weighted by atomic mass is 9.98. The van der Waals surface area contributed by atoms with Gasteiger partial charge >= 0.3 is 0 Å². The molecule has 1 heterocycles. The summed E-state index contributed by atoms with van der Waals surface area (Å²) >= 11 is 0. The third kappa shape index (κ3) is 5.88. The van der Waals surface area contributed by atoms with Crippen molar-refractivity contribution in [2.75, 3.05) is 0 Å². The summed E-state index contributed by atoms with van der Waals surface area (Å²) in [4.78, 5) is 0. The molecule has 0 aliphatic rings. The molecule has 3 aromatic carbocycles. The van der Waals surface area contributed by atoms with E-state index in [9.17, 15) is 43.9 Å². The van der Waals surface area contributed by atoms with Crippen LogP contribution in [0.2, 0.25) is 0 Å². The van der Waals surface area contributed by atoms with E-state index >= 15 is 0 Å². The molecule has 0 bridgehead atoms. The van der Waals surface area contributed by atoms with E-state index in [1.54, 1.807) is 6.07 Å². The van der Waals surface area contributed by atoms with Crippen molar-refractivity contribution in [1.29, 1.82) is 0 Å². The van der Waals surface area contributed by atoms with Crippen LogP contribution in [0.5, 0.6) is 0 Å². The SMILES string of the molecule is C[n+]1c(-c2c(F)c(F)c(F)c(F)c2F)cc(-c2ccccc2)cc1-c1c(F)c(F)c(F)c(F)c1F.[O-][Cl+3]([O-])([O-])[O-]. The summed E-state index contributed by atoms with van der Waals surface area (Å²) in [6, 6.07) is 9.33. The molecule has 0 spiro atoms. The molecule has 0 radical (unpaired) electrons. The minimum Gasteiger partial charge on any atom is -0.222 e. The maximum atomic E-state index is 14.6. The third-order valence-corrected chi connectivity index (χ3v) is 5.35. The van der Waals surface area contributed by atoms with Crippen molar-refractivity contribution < 1.29 is 77.4 Å². The molecular formula is C24H10ClF10NO4. The largest absolute Gasteiger partial charge is 0.222 e. The van der Waals surface area contributed by atoms with E-state index in [1.165, 1.54) is 24.3 Å². The first kappa shape index (κ1) is 30.8. The smallest absolute Gasteiger partial charge is 0.219 e. The Morgan fingerprint density at radius 1 is 0.475 bits per heavy atom. The lowest BCUT2D eigenvalue weighted by Gasteiger charge is -2.17. The number of nitrogens with zero attached hydrogens (tertiary/aromatic N) is 1. The van der Waals surface area contributed by atoms with Gasteiger partial charge in [0.05, 0.1) is 0 Å². The summed E-state index contributed by atoms with van der Waals surface area (Å²) in [6.07, 6.45) is 0. The van der Waals surface area contributed by atoms with Crippen LogP contribution in [0.1, 0.15) is 0 Å². The van der Waals surface area contributed by atoms with Gasteiger partial charge in [-0.05, 0) is 11.1 Å². The van der Waals surface area contributed by atoms with E-state index in [1.807, 2.05) is 0 Å². The molecule has 0 amide bonds. The van der Waals surface area contributed by atoms with E-state index in [2.05, 4.69) is 0 Å². The maximum Gasteiger partial charge on any atom is 0.219 e. The van der Waals surface area contributed by atoms with Crippen LogP contribution in [0.25, 0.3) is 33.6 Å². The molecule has 0 aliphatic carbocycles. The molecule has 4 rings (SSSR count). The zero-order valence-electron chi connectivity index (χ0n) is 19.3. The quantitative estimate of drug-likeness (QED) is 0.156. The highest BCUT2D eigenvalue weighted by molar-refractivity contribution is 5.74. The molecule has 0 aliphatic heterocycles. The summed E-state index contributed by atoms with van der Waals surface area (Å²) < 4.78 is 176. The van der Waals surface area contributed by atoms with Crippen LogP contribution in [-0.4, -0.2) is 0 Å². The predicted octanol–water partition coefficient (Wildman–Crippen LogP) is 2.15. The van der Waals surface area contributed by atoms with E-state index in [-0.39, 0.29) is 11.1 Å². The summed E-state index contributed by atoms with van der Waals surface area (Å²) in [5, 5.41) is 0. The predicted molar refractivity (Wildman–Crippen MR) is 104 cm³/mol. The fraction of sp³-hybridized carbons (Fsp3) is 0.0417. The number of benzene rings is 3. The molecule has 0 atom stereocenters. The van der Waals surface area contributed by atoms with Crippen molar-refractivity contribution in [3.05, 3.63) is 101 Å². The van der Waals surface area contributed by atoms with Gasteiger partial charge in [0, 0.05) is 12.1 Å². The molecule has 0 unspecified atom stereocenters. The molecule has 212 valence electrons. The Labute approximate surface area is 219 Å². The van der Waals surface area contributed by atoms with Gasteiger partial charge in [0.2, 0.25) is 23.0 Å². The second-order valence-corrected chi connectivity index (χ2v) is 8.46. The second-order valence-electron chi connectivity index (χ2n) is 7.71. The Morgan fingerprint density at radius 3 is 1.05 bits per heavy atom. The van der Waals surface area contributed by atoms with Gasteiger partial charge in [-0.2, -0.15) is 4.57 Å². The number of rotatable bonds is 3. The van der Waals surface area contributed by atoms with Crippen molar-refractivity contribution in [2.45, 2.75) is 0 Å². The van der Waals surface area contributed by atoms with Crippen LogP contribution in [0.4, 0.5) is 43.9 Å². The minimum atomic E-state index is -4.94. The number of hydrogen-bond donors (Lipinski definition) is 0. The zero-order valence-corrected chi connectivity index (χ0v) is 20.0. The molecule has 16 heteroatoms. The third-order valence-electron chi connectivity index (χ3n) is 5.35. The minimum absolute atomic E-state index is 0.0819. The van der Waals surface area contributed by atoms with Gasteiger partial charge in [0.25, 0.3) is 0 Å². The second kappa shape index (κ2) is 11.4. The Kier molecular flexibility index (Phi) is 8.76. The summed E-state index contributed by atoms with van der Waals surface area (Å²) in [5.41, 5.74) is -4.36. The van der Waals surface area contributed by atoms with E-state index < -0.39 is 90.9 Å². The van der Waals surface area contributed by atoms with E-state index in [4.69, 9.17) is 18.6 Å². The number of aromatic nitrogens is 1. The zero-order chi connectivity index (χ0) is 30.3. The molecule has 0 fully saturated rings. The molecular weight excluding hydrogens is 592 g/mol. The first-order valence-electron chi connectivity index (χ1n) is 10.2. The summed E-state index contributed by atoms with van der Waals surface area (Å²) in [7, 11) is -4.05. The Bertz CT molecular complexity index is 1460. The van der Waals surface area contributed by atoms with Crippen LogP contribution < -0.4 is 23.2 Å². The van der Waals surface area contributed by atoms with Crippen LogP contribution in [0.15, 0.2) is 42.5 Å². The van der Waals surface area contributed by atoms with Gasteiger partial charge < -0.3 is 0 Å². The summed E-state index contributed by atoms with van der Waals surface area (Å²) in [6.45, 7) is 0. The number of hydrogen-bond acceptors (Lipinski definition) is 4. The lowest BCUT2D eigenvalue weighted by Crippen LogP contribution is -2.68. The highest BCUT2D eigenvalue weighted by atomic mass is 35.7. The summed E-state index contributed by atoms with van der Waals surface area (Å²) in [5.74, 6) is -23.1. The molecule has 0 saturated carbocycles. The van der Waals surface area contributed by atoms with E-state index in [0.717, 1.165) is 19.2 Å². The van der Waals surface area contributed by atoms with Gasteiger partial charge in [-0.3, -0.25) is 0 Å². The van der Waals surface area contributed by atoms with Crippen LogP contribution in [-0.2, 0) is 7.05 Å². The van der Waals surface area contributed by atoms with Crippen molar-refractivity contribution >= 4 is 0 Å². The average molecular weight is 602 g/mol. The van der Waals surface area contributed by atoms with Crippen LogP contribution >= 0.6 is 0 Å². The van der Waals surface area contributed by atoms with Gasteiger partial charge in [0.1, 0.15) is 18.2 Å². The lowest BCUT2D eigenvalue weighted by molar-refractivity contribution is -2.00. The van der Waals surface area contributed by atoms with Crippen molar-refractivity contribution in [2.24, 2.45) is 7.05 Å². The maximum absolute atomic E-state index is 14.6. The molecule has 5 nitrogen and oxygen atoms in total. The van der Waals surface area contributed by atoms with Crippen molar-refractivity contribution in [3.63, 3.8) is 0 Å². The number of pyridine rings is 1. The van der Waals surface area contributed by atoms with Crippen molar-refractivity contribution in [1.82, 2.24) is 0 Å². The number of halogens is 11. The average Bonchev–Trinajstić information content (AvgIpc) is 2.90. The van der Waals surface area contributed by atoms with Crippen molar-refractivity contribution in [3.8, 4) is 33.6 Å². The Hall–Kier alpha value is -3.76. The molecule has 0 N–H and O–H groups in total. The van der Waals surface area contributed by atoms with E-state index in [0.29, 0.717) is 4.57 Å². The van der Waals surface area contributed by atoms with Gasteiger partial charge in [0.15, 0.2) is 46.5 Å². The Balaban J connectivity index is 0.000000810. The molecule has 40 heavy (non-hydrogen) atoms. The van der Waals surface area contributed by atoms with Crippen LogP contribution in [0.3, 0.4) is 0 Å². The monoisotopic (exact) mass is 601 g/mol. The first-order chi connectivity index (χ1) is 18.5. The molecule has 4 aromatic rings. The highest BCUT2D eigenvalue weighted by Gasteiger charge is 2.35. The normalized spacial score (nSPS) is 11.4. The standard InChI is InChI=1S/C24H10F10N.ClHO4/c1-35-11(13-15(25)19(29)23(33)20(30)16(13)26)7-10(9-5-3-2-4-6-9)8-12(35)14-17(27)21(31)24(34)22(32)18(14)28;2-1(3,4)5/h2-8H,1H3;(H,2,3,4,5)/q+1;/p-1. The topological polar surface area (TPSA) is 96.1 Å². The Morgan fingerprint density at radius 2 is 0.750 bits per heavy atom. The fourth-order valence-electron chi connectivity index (χ4n) is 3.60.